The third-order valence-corrected chi connectivity index (χ3v) is 4.17. The van der Waals surface area contributed by atoms with Crippen LogP contribution in [0.5, 0.6) is 0 Å². The average molecular weight is 308 g/mol. The van der Waals surface area contributed by atoms with Gasteiger partial charge >= 0.3 is 0 Å². The highest BCUT2D eigenvalue weighted by molar-refractivity contribution is 5.82. The van der Waals surface area contributed by atoms with Gasteiger partial charge in [-0.1, -0.05) is 13.8 Å². The number of carbonyl (C=O) groups is 1. The van der Waals surface area contributed by atoms with Crippen LogP contribution in [0.25, 0.3) is 0 Å². The largest absolute Gasteiger partial charge is 0.381 e. The highest BCUT2D eigenvalue weighted by atomic mass is 16.5. The molecule has 0 aromatic carbocycles. The summed E-state index contributed by atoms with van der Waals surface area (Å²) in [7, 11) is 1.88. The summed E-state index contributed by atoms with van der Waals surface area (Å²) in [5.74, 6) is 0.293. The molecule has 0 radical (unpaired) electrons. The molecular weight excluding hydrogens is 280 g/mol. The Morgan fingerprint density at radius 2 is 2.05 bits per heavy atom. The monoisotopic (exact) mass is 308 g/mol. The maximum atomic E-state index is 12.6. The van der Waals surface area contributed by atoms with E-state index in [1.165, 1.54) is 0 Å². The molecule has 1 saturated heterocycles. The molecule has 124 valence electrons. The van der Waals surface area contributed by atoms with E-state index in [0.717, 1.165) is 31.6 Å². The van der Waals surface area contributed by atoms with Gasteiger partial charge in [0.1, 0.15) is 0 Å². The zero-order valence-corrected chi connectivity index (χ0v) is 14.0. The van der Waals surface area contributed by atoms with Crippen LogP contribution in [0.1, 0.15) is 45.2 Å². The van der Waals surface area contributed by atoms with Crippen LogP contribution in [0.2, 0.25) is 0 Å². The van der Waals surface area contributed by atoms with Crippen molar-refractivity contribution < 1.29 is 9.53 Å². The van der Waals surface area contributed by atoms with Gasteiger partial charge in [-0.25, -0.2) is 0 Å². The van der Waals surface area contributed by atoms with Crippen LogP contribution >= 0.6 is 0 Å². The van der Waals surface area contributed by atoms with Crippen molar-refractivity contribution in [1.29, 1.82) is 0 Å². The predicted molar refractivity (Wildman–Crippen MR) is 85.4 cm³/mol. The van der Waals surface area contributed by atoms with E-state index < -0.39 is 0 Å². The second kappa shape index (κ2) is 7.74. The predicted octanol–water partition coefficient (Wildman–Crippen LogP) is 1.39. The van der Waals surface area contributed by atoms with Gasteiger partial charge < -0.3 is 15.4 Å². The fourth-order valence-corrected chi connectivity index (χ4v) is 2.74. The highest BCUT2D eigenvalue weighted by Gasteiger charge is 2.27. The van der Waals surface area contributed by atoms with Gasteiger partial charge in [-0.3, -0.25) is 9.48 Å². The van der Waals surface area contributed by atoms with Gasteiger partial charge in [-0.05, 0) is 25.7 Å². The van der Waals surface area contributed by atoms with E-state index in [4.69, 9.17) is 4.74 Å². The Morgan fingerprint density at radius 3 is 2.59 bits per heavy atom. The molecule has 1 aliphatic rings. The topological polar surface area (TPSA) is 68.2 Å². The van der Waals surface area contributed by atoms with Crippen molar-refractivity contribution in [2.75, 3.05) is 13.2 Å². The molecule has 0 aliphatic carbocycles. The Kier molecular flexibility index (Phi) is 5.97. The first kappa shape index (κ1) is 17.0. The summed E-state index contributed by atoms with van der Waals surface area (Å²) in [6, 6.07) is 0.141. The third kappa shape index (κ3) is 4.55. The first-order chi connectivity index (χ1) is 10.5. The molecule has 2 atom stereocenters. The minimum Gasteiger partial charge on any atom is -0.381 e. The molecule has 1 amide bonds. The summed E-state index contributed by atoms with van der Waals surface area (Å²) in [4.78, 5) is 12.6. The lowest BCUT2D eigenvalue weighted by Crippen LogP contribution is -2.52. The van der Waals surface area contributed by atoms with Gasteiger partial charge in [-0.15, -0.1) is 0 Å². The van der Waals surface area contributed by atoms with Crippen LogP contribution in [0.3, 0.4) is 0 Å². The zero-order valence-electron chi connectivity index (χ0n) is 14.0. The molecule has 2 rings (SSSR count). The fourth-order valence-electron chi connectivity index (χ4n) is 2.74. The van der Waals surface area contributed by atoms with Crippen LogP contribution in [0.15, 0.2) is 12.4 Å². The molecule has 6 nitrogen and oxygen atoms in total. The number of carbonyl (C=O) groups excluding carboxylic acids is 1. The fraction of sp³-hybridized carbons (Fsp3) is 0.750. The molecule has 1 fully saturated rings. The zero-order chi connectivity index (χ0) is 16.1. The molecule has 2 heterocycles. The number of aromatic nitrogens is 2. The van der Waals surface area contributed by atoms with Gasteiger partial charge in [0, 0.05) is 38.1 Å². The third-order valence-electron chi connectivity index (χ3n) is 4.17. The Hall–Kier alpha value is -1.40. The molecule has 0 spiro atoms. The maximum Gasteiger partial charge on any atom is 0.237 e. The van der Waals surface area contributed by atoms with Crippen LogP contribution in [-0.4, -0.2) is 41.0 Å². The normalized spacial score (nSPS) is 19.1. The molecular formula is C16H28N4O2. The molecule has 1 aromatic rings. The summed E-state index contributed by atoms with van der Waals surface area (Å²) >= 11 is 0. The number of hydrogen-bond donors (Lipinski definition) is 2. The molecule has 0 saturated carbocycles. The van der Waals surface area contributed by atoms with E-state index in [1.807, 2.05) is 20.2 Å². The number of amides is 1. The van der Waals surface area contributed by atoms with Gasteiger partial charge in [0.2, 0.25) is 5.91 Å². The van der Waals surface area contributed by atoms with E-state index >= 15 is 0 Å². The number of nitrogens with one attached hydrogen (secondary N) is 2. The summed E-state index contributed by atoms with van der Waals surface area (Å²) < 4.78 is 7.13. The molecule has 1 aromatic heterocycles. The lowest BCUT2D eigenvalue weighted by atomic mass is 9.99. The standard InChI is InChI=1S/C16H28N4O2/c1-11(2)15(19-14-5-7-22-8-6-14)16(21)18-12(3)13-9-17-20(4)10-13/h9-12,14-15,19H,5-8H2,1-4H3,(H,18,21)/t12-,15+/m1/s1. The highest BCUT2D eigenvalue weighted by Crippen LogP contribution is 2.14. The van der Waals surface area contributed by atoms with Gasteiger partial charge in [0.25, 0.3) is 0 Å². The van der Waals surface area contributed by atoms with Crippen molar-refractivity contribution in [2.45, 2.75) is 51.7 Å². The molecule has 1 aliphatic heterocycles. The quantitative estimate of drug-likeness (QED) is 0.833. The number of nitrogens with zero attached hydrogens (tertiary/aromatic N) is 2. The lowest BCUT2D eigenvalue weighted by Gasteiger charge is -2.30. The number of hydrogen-bond acceptors (Lipinski definition) is 4. The SMILES string of the molecule is CC(C)[C@H](NC1CCOCC1)C(=O)N[C@H](C)c1cnn(C)c1. The Morgan fingerprint density at radius 1 is 1.36 bits per heavy atom. The van der Waals surface area contributed by atoms with E-state index in [0.29, 0.717) is 6.04 Å². The summed E-state index contributed by atoms with van der Waals surface area (Å²) in [6.07, 6.45) is 5.66. The van der Waals surface area contributed by atoms with Crippen LogP contribution in [0.4, 0.5) is 0 Å². The van der Waals surface area contributed by atoms with Crippen molar-refractivity contribution >= 4 is 5.91 Å². The number of rotatable bonds is 6. The lowest BCUT2D eigenvalue weighted by molar-refractivity contribution is -0.125. The Labute approximate surface area is 132 Å². The number of ether oxygens (including phenoxy) is 1. The summed E-state index contributed by atoms with van der Waals surface area (Å²) in [5, 5.41) is 10.8. The molecule has 0 bridgehead atoms. The van der Waals surface area contributed by atoms with Gasteiger partial charge in [0.05, 0.1) is 18.3 Å². The van der Waals surface area contributed by atoms with Crippen LogP contribution in [-0.2, 0) is 16.6 Å². The minimum atomic E-state index is -0.178. The Bertz CT molecular complexity index is 480. The van der Waals surface area contributed by atoms with Crippen molar-refractivity contribution in [1.82, 2.24) is 20.4 Å². The van der Waals surface area contributed by atoms with E-state index in [9.17, 15) is 4.79 Å². The first-order valence-electron chi connectivity index (χ1n) is 8.10. The van der Waals surface area contributed by atoms with Crippen molar-refractivity contribution in [3.8, 4) is 0 Å². The Balaban J connectivity index is 1.93. The first-order valence-corrected chi connectivity index (χ1v) is 8.10. The number of aryl methyl sites for hydroxylation is 1. The van der Waals surface area contributed by atoms with E-state index in [-0.39, 0.29) is 23.9 Å². The maximum absolute atomic E-state index is 12.6. The van der Waals surface area contributed by atoms with Crippen LogP contribution < -0.4 is 10.6 Å². The van der Waals surface area contributed by atoms with E-state index in [1.54, 1.807) is 10.9 Å². The minimum absolute atomic E-state index is 0.0426. The van der Waals surface area contributed by atoms with Crippen molar-refractivity contribution in [2.24, 2.45) is 13.0 Å². The van der Waals surface area contributed by atoms with Crippen LogP contribution in [0, 0.1) is 5.92 Å². The van der Waals surface area contributed by atoms with E-state index in [2.05, 4.69) is 29.6 Å². The summed E-state index contributed by atoms with van der Waals surface area (Å²) in [5.41, 5.74) is 1.02. The van der Waals surface area contributed by atoms with Gasteiger partial charge in [-0.2, -0.15) is 5.10 Å². The smallest absolute Gasteiger partial charge is 0.237 e. The molecule has 0 unspecified atom stereocenters. The van der Waals surface area contributed by atoms with Gasteiger partial charge in [0.15, 0.2) is 0 Å². The average Bonchev–Trinajstić information content (AvgIpc) is 2.92. The second-order valence-electron chi connectivity index (χ2n) is 6.45. The second-order valence-corrected chi connectivity index (χ2v) is 6.45. The molecule has 6 heteroatoms. The van der Waals surface area contributed by atoms with Crippen molar-refractivity contribution in [3.63, 3.8) is 0 Å². The molecule has 22 heavy (non-hydrogen) atoms. The van der Waals surface area contributed by atoms with Crippen molar-refractivity contribution in [3.05, 3.63) is 18.0 Å². The summed E-state index contributed by atoms with van der Waals surface area (Å²) in [6.45, 7) is 7.68. The molecule has 2 N–H and O–H groups in total.